The van der Waals surface area contributed by atoms with E-state index in [0.717, 1.165) is 6.54 Å². The molecule has 0 spiro atoms. The Balaban J connectivity index is 1.96. The predicted molar refractivity (Wildman–Crippen MR) is 106 cm³/mol. The molecule has 7 heteroatoms. The highest BCUT2D eigenvalue weighted by molar-refractivity contribution is 6.35. The van der Waals surface area contributed by atoms with Crippen LogP contribution in [0, 0.1) is 0 Å². The summed E-state index contributed by atoms with van der Waals surface area (Å²) in [7, 11) is 0. The molecule has 2 aromatic rings. The average molecular weight is 394 g/mol. The van der Waals surface area contributed by atoms with Gasteiger partial charge in [-0.1, -0.05) is 30.1 Å². The quantitative estimate of drug-likeness (QED) is 0.666. The van der Waals surface area contributed by atoms with Crippen molar-refractivity contribution in [3.63, 3.8) is 0 Å². The van der Waals surface area contributed by atoms with Crippen molar-refractivity contribution in [3.8, 4) is 0 Å². The third kappa shape index (κ3) is 6.02. The highest BCUT2D eigenvalue weighted by Crippen LogP contribution is 2.20. The zero-order valence-electron chi connectivity index (χ0n) is 14.6. The molecule has 0 aromatic heterocycles. The van der Waals surface area contributed by atoms with Gasteiger partial charge < -0.3 is 16.0 Å². The predicted octanol–water partition coefficient (Wildman–Crippen LogP) is 3.97. The van der Waals surface area contributed by atoms with Gasteiger partial charge >= 0.3 is 0 Å². The van der Waals surface area contributed by atoms with Gasteiger partial charge in [0.1, 0.15) is 0 Å². The van der Waals surface area contributed by atoms with Crippen molar-refractivity contribution in [2.75, 3.05) is 18.4 Å². The van der Waals surface area contributed by atoms with E-state index in [1.54, 1.807) is 30.3 Å². The van der Waals surface area contributed by atoms with E-state index in [0.29, 0.717) is 33.4 Å². The van der Waals surface area contributed by atoms with E-state index >= 15 is 0 Å². The zero-order valence-corrected chi connectivity index (χ0v) is 16.1. The smallest absolute Gasteiger partial charge is 0.255 e. The number of benzene rings is 2. The summed E-state index contributed by atoms with van der Waals surface area (Å²) in [4.78, 5) is 24.4. The fraction of sp³-hybridized carbons (Fsp3) is 0.263. The maximum absolute atomic E-state index is 12.3. The van der Waals surface area contributed by atoms with Gasteiger partial charge in [-0.2, -0.15) is 0 Å². The summed E-state index contributed by atoms with van der Waals surface area (Å²) in [6.07, 6.45) is 0. The highest BCUT2D eigenvalue weighted by atomic mass is 35.5. The number of likely N-dealkylation sites (N-methyl/N-ethyl adjacent to an activating group) is 1. The number of anilines is 1. The molecule has 2 rings (SSSR count). The summed E-state index contributed by atoms with van der Waals surface area (Å²) in [6, 6.07) is 11.5. The number of rotatable bonds is 7. The number of carbonyl (C=O) groups is 2. The maximum atomic E-state index is 12.3. The molecule has 0 aliphatic rings. The summed E-state index contributed by atoms with van der Waals surface area (Å²) >= 11 is 11.8. The van der Waals surface area contributed by atoms with Gasteiger partial charge in [0, 0.05) is 39.4 Å². The number of nitrogens with one attached hydrogen (secondary N) is 3. The topological polar surface area (TPSA) is 70.2 Å². The molecular formula is C19H21Cl2N3O2. The van der Waals surface area contributed by atoms with Crippen LogP contribution in [0.25, 0.3) is 0 Å². The van der Waals surface area contributed by atoms with E-state index in [1.807, 2.05) is 13.8 Å². The molecule has 138 valence electrons. The van der Waals surface area contributed by atoms with Crippen molar-refractivity contribution in [1.82, 2.24) is 10.6 Å². The number of amides is 2. The van der Waals surface area contributed by atoms with Gasteiger partial charge in [0.25, 0.3) is 11.8 Å². The van der Waals surface area contributed by atoms with Crippen molar-refractivity contribution in [3.05, 3.63) is 63.6 Å². The zero-order chi connectivity index (χ0) is 19.1. The van der Waals surface area contributed by atoms with Crippen LogP contribution in [-0.2, 0) is 0 Å². The Morgan fingerprint density at radius 2 is 1.58 bits per heavy atom. The van der Waals surface area contributed by atoms with Crippen LogP contribution in [0.3, 0.4) is 0 Å². The summed E-state index contributed by atoms with van der Waals surface area (Å²) in [5, 5.41) is 9.62. The van der Waals surface area contributed by atoms with Gasteiger partial charge in [0.15, 0.2) is 0 Å². The van der Waals surface area contributed by atoms with Crippen molar-refractivity contribution in [2.24, 2.45) is 0 Å². The molecule has 3 N–H and O–H groups in total. The summed E-state index contributed by atoms with van der Waals surface area (Å²) < 4.78 is 0. The molecule has 0 saturated carbocycles. The second-order valence-corrected chi connectivity index (χ2v) is 6.73. The molecular weight excluding hydrogens is 373 g/mol. The molecule has 0 fully saturated rings. The van der Waals surface area contributed by atoms with Crippen LogP contribution in [0.4, 0.5) is 5.69 Å². The van der Waals surface area contributed by atoms with Crippen LogP contribution in [0.15, 0.2) is 42.5 Å². The first-order valence-corrected chi connectivity index (χ1v) is 9.03. The minimum absolute atomic E-state index is 0.158. The summed E-state index contributed by atoms with van der Waals surface area (Å²) in [5.41, 5.74) is 1.46. The monoisotopic (exact) mass is 393 g/mol. The van der Waals surface area contributed by atoms with Gasteiger partial charge in [-0.3, -0.25) is 9.59 Å². The Labute approximate surface area is 163 Å². The molecule has 2 aromatic carbocycles. The van der Waals surface area contributed by atoms with Crippen LogP contribution in [0.2, 0.25) is 10.0 Å². The molecule has 1 atom stereocenters. The van der Waals surface area contributed by atoms with Gasteiger partial charge in [0.05, 0.1) is 0 Å². The van der Waals surface area contributed by atoms with E-state index in [2.05, 4.69) is 16.0 Å². The van der Waals surface area contributed by atoms with Crippen LogP contribution < -0.4 is 16.0 Å². The maximum Gasteiger partial charge on any atom is 0.255 e. The molecule has 5 nitrogen and oxygen atoms in total. The third-order valence-electron chi connectivity index (χ3n) is 3.65. The number of carbonyl (C=O) groups excluding carboxylic acids is 2. The first-order valence-electron chi connectivity index (χ1n) is 8.28. The lowest BCUT2D eigenvalue weighted by molar-refractivity contribution is 0.0949. The summed E-state index contributed by atoms with van der Waals surface area (Å²) in [5.74, 6) is -0.486. The van der Waals surface area contributed by atoms with E-state index < -0.39 is 0 Å². The lowest BCUT2D eigenvalue weighted by atomic mass is 10.1. The van der Waals surface area contributed by atoms with Gasteiger partial charge in [-0.15, -0.1) is 0 Å². The Kier molecular flexibility index (Phi) is 7.45. The minimum Gasteiger partial charge on any atom is -0.350 e. The lowest BCUT2D eigenvalue weighted by Gasteiger charge is -2.13. The summed E-state index contributed by atoms with van der Waals surface area (Å²) in [6.45, 7) is 5.41. The number of halogens is 2. The molecule has 26 heavy (non-hydrogen) atoms. The normalized spacial score (nSPS) is 11.7. The Morgan fingerprint density at radius 1 is 0.962 bits per heavy atom. The molecule has 0 bridgehead atoms. The second-order valence-electron chi connectivity index (χ2n) is 5.86. The fourth-order valence-corrected chi connectivity index (χ4v) is 2.89. The minimum atomic E-state index is -0.328. The number of hydrogen-bond acceptors (Lipinski definition) is 3. The third-order valence-corrected chi connectivity index (χ3v) is 4.09. The SMILES string of the molecule is CCN[C@H](C)CNC(=O)c1ccc(NC(=O)c2cc(Cl)cc(Cl)c2)cc1. The molecule has 0 aliphatic carbocycles. The number of hydrogen-bond donors (Lipinski definition) is 3. The Hall–Kier alpha value is -2.08. The van der Waals surface area contributed by atoms with Crippen molar-refractivity contribution >= 4 is 40.7 Å². The van der Waals surface area contributed by atoms with E-state index in [1.165, 1.54) is 12.1 Å². The van der Waals surface area contributed by atoms with Crippen LogP contribution >= 0.6 is 23.2 Å². The van der Waals surface area contributed by atoms with E-state index in [4.69, 9.17) is 23.2 Å². The Morgan fingerprint density at radius 3 is 2.15 bits per heavy atom. The van der Waals surface area contributed by atoms with Crippen molar-refractivity contribution in [2.45, 2.75) is 19.9 Å². The largest absolute Gasteiger partial charge is 0.350 e. The molecule has 0 aliphatic heterocycles. The molecule has 0 unspecified atom stereocenters. The van der Waals surface area contributed by atoms with Crippen molar-refractivity contribution < 1.29 is 9.59 Å². The molecule has 2 amide bonds. The lowest BCUT2D eigenvalue weighted by Crippen LogP contribution is -2.38. The van der Waals surface area contributed by atoms with Gasteiger partial charge in [0.2, 0.25) is 0 Å². The van der Waals surface area contributed by atoms with Crippen LogP contribution in [0.5, 0.6) is 0 Å². The van der Waals surface area contributed by atoms with Gasteiger partial charge in [-0.05, 0) is 55.9 Å². The molecule has 0 heterocycles. The highest BCUT2D eigenvalue weighted by Gasteiger charge is 2.10. The van der Waals surface area contributed by atoms with Gasteiger partial charge in [-0.25, -0.2) is 0 Å². The first kappa shape index (κ1) is 20.2. The van der Waals surface area contributed by atoms with Crippen LogP contribution in [-0.4, -0.2) is 30.9 Å². The van der Waals surface area contributed by atoms with E-state index in [9.17, 15) is 9.59 Å². The fourth-order valence-electron chi connectivity index (χ4n) is 2.36. The first-order chi connectivity index (χ1) is 12.4. The van der Waals surface area contributed by atoms with Crippen molar-refractivity contribution in [1.29, 1.82) is 0 Å². The Bertz CT molecular complexity index is 759. The van der Waals surface area contributed by atoms with Crippen LogP contribution in [0.1, 0.15) is 34.6 Å². The molecule has 0 saturated heterocycles. The van der Waals surface area contributed by atoms with E-state index in [-0.39, 0.29) is 17.9 Å². The average Bonchev–Trinajstić information content (AvgIpc) is 2.59. The second kappa shape index (κ2) is 9.57. The standard InChI is InChI=1S/C19H21Cl2N3O2/c1-3-22-12(2)11-23-18(25)13-4-6-17(7-5-13)24-19(26)14-8-15(20)10-16(21)9-14/h4-10,12,22H,3,11H2,1-2H3,(H,23,25)(H,24,26)/t12-/m1/s1. The molecule has 0 radical (unpaired) electrons.